The van der Waals surface area contributed by atoms with Crippen molar-refractivity contribution in [2.24, 2.45) is 0 Å². The number of ether oxygens (including phenoxy) is 2. The zero-order chi connectivity index (χ0) is 18.6. The lowest BCUT2D eigenvalue weighted by Crippen LogP contribution is -2.05. The molecular formula is C22H20N2O3. The molecule has 1 heterocycles. The van der Waals surface area contributed by atoms with Crippen molar-refractivity contribution >= 4 is 16.8 Å². The fraction of sp³-hybridized carbons (Fsp3) is 0.136. The molecule has 0 bridgehead atoms. The lowest BCUT2D eigenvalue weighted by Gasteiger charge is -2.09. The standard InChI is InChI=1S/C22H20N2O3/c1-25-11-12-26-20-10-8-17(23)14-18(20)22-24-19-13-16(7-9-21(19)27-22)15-5-3-2-4-6-15/h2-10,13-14H,11-12,23H2,1H3. The maximum absolute atomic E-state index is 5.97. The molecule has 4 rings (SSSR count). The maximum Gasteiger partial charge on any atom is 0.231 e. The van der Waals surface area contributed by atoms with Crippen LogP contribution in [-0.2, 0) is 4.74 Å². The molecule has 0 spiro atoms. The van der Waals surface area contributed by atoms with E-state index in [1.54, 1.807) is 13.2 Å². The lowest BCUT2D eigenvalue weighted by molar-refractivity contribution is 0.146. The minimum atomic E-state index is 0.436. The summed E-state index contributed by atoms with van der Waals surface area (Å²) < 4.78 is 16.8. The molecule has 0 saturated carbocycles. The predicted molar refractivity (Wildman–Crippen MR) is 107 cm³/mol. The highest BCUT2D eigenvalue weighted by Crippen LogP contribution is 2.34. The van der Waals surface area contributed by atoms with Gasteiger partial charge in [0.05, 0.1) is 12.2 Å². The van der Waals surface area contributed by atoms with E-state index in [0.29, 0.717) is 30.5 Å². The van der Waals surface area contributed by atoms with Gasteiger partial charge in [-0.15, -0.1) is 0 Å². The normalized spacial score (nSPS) is 11.0. The number of oxazole rings is 1. The fourth-order valence-corrected chi connectivity index (χ4v) is 2.93. The first kappa shape index (κ1) is 17.1. The van der Waals surface area contributed by atoms with Gasteiger partial charge >= 0.3 is 0 Å². The average Bonchev–Trinajstić information content (AvgIpc) is 3.13. The van der Waals surface area contributed by atoms with Gasteiger partial charge in [0.2, 0.25) is 5.89 Å². The first-order valence-corrected chi connectivity index (χ1v) is 8.72. The lowest BCUT2D eigenvalue weighted by atomic mass is 10.1. The summed E-state index contributed by atoms with van der Waals surface area (Å²) in [6.45, 7) is 0.934. The van der Waals surface area contributed by atoms with Gasteiger partial charge in [0.1, 0.15) is 17.9 Å². The Kier molecular flexibility index (Phi) is 4.77. The number of rotatable bonds is 6. The van der Waals surface area contributed by atoms with Crippen LogP contribution in [-0.4, -0.2) is 25.3 Å². The molecule has 4 aromatic rings. The molecule has 0 aliphatic carbocycles. The van der Waals surface area contributed by atoms with Gasteiger partial charge < -0.3 is 19.6 Å². The van der Waals surface area contributed by atoms with Crippen molar-refractivity contribution in [3.8, 4) is 28.3 Å². The zero-order valence-electron chi connectivity index (χ0n) is 15.0. The smallest absolute Gasteiger partial charge is 0.231 e. The first-order valence-electron chi connectivity index (χ1n) is 8.72. The number of nitrogens with zero attached hydrogens (tertiary/aromatic N) is 1. The number of nitrogen functional groups attached to an aromatic ring is 1. The number of hydrogen-bond donors (Lipinski definition) is 1. The van der Waals surface area contributed by atoms with E-state index in [4.69, 9.17) is 19.6 Å². The van der Waals surface area contributed by atoms with E-state index < -0.39 is 0 Å². The second-order valence-electron chi connectivity index (χ2n) is 6.16. The fourth-order valence-electron chi connectivity index (χ4n) is 2.93. The van der Waals surface area contributed by atoms with Crippen molar-refractivity contribution in [2.45, 2.75) is 0 Å². The van der Waals surface area contributed by atoms with Crippen LogP contribution in [0, 0.1) is 0 Å². The molecule has 0 radical (unpaired) electrons. The van der Waals surface area contributed by atoms with Crippen LogP contribution >= 0.6 is 0 Å². The van der Waals surface area contributed by atoms with Gasteiger partial charge in [0, 0.05) is 12.8 Å². The highest BCUT2D eigenvalue weighted by molar-refractivity contribution is 5.83. The van der Waals surface area contributed by atoms with Crippen molar-refractivity contribution in [1.82, 2.24) is 4.98 Å². The molecule has 136 valence electrons. The van der Waals surface area contributed by atoms with Crippen LogP contribution in [0.15, 0.2) is 71.1 Å². The highest BCUT2D eigenvalue weighted by Gasteiger charge is 2.15. The molecule has 0 unspecified atom stereocenters. The van der Waals surface area contributed by atoms with Crippen LogP contribution in [0.1, 0.15) is 0 Å². The summed E-state index contributed by atoms with van der Waals surface area (Å²) in [5.74, 6) is 1.14. The third-order valence-corrected chi connectivity index (χ3v) is 4.27. The molecule has 0 aliphatic rings. The molecule has 3 aromatic carbocycles. The molecule has 5 nitrogen and oxygen atoms in total. The molecule has 0 aliphatic heterocycles. The topological polar surface area (TPSA) is 70.5 Å². The van der Waals surface area contributed by atoms with Gasteiger partial charge in [0.25, 0.3) is 0 Å². The Labute approximate surface area is 157 Å². The first-order chi connectivity index (χ1) is 13.2. The quantitative estimate of drug-likeness (QED) is 0.396. The third-order valence-electron chi connectivity index (χ3n) is 4.27. The van der Waals surface area contributed by atoms with Gasteiger partial charge in [0.15, 0.2) is 5.58 Å². The van der Waals surface area contributed by atoms with E-state index in [1.807, 2.05) is 48.5 Å². The van der Waals surface area contributed by atoms with E-state index in [0.717, 1.165) is 27.8 Å². The zero-order valence-corrected chi connectivity index (χ0v) is 15.0. The summed E-state index contributed by atoms with van der Waals surface area (Å²) >= 11 is 0. The minimum absolute atomic E-state index is 0.436. The predicted octanol–water partition coefficient (Wildman–Crippen LogP) is 4.77. The summed E-state index contributed by atoms with van der Waals surface area (Å²) in [4.78, 5) is 4.67. The van der Waals surface area contributed by atoms with Crippen molar-refractivity contribution in [3.05, 3.63) is 66.7 Å². The summed E-state index contributed by atoms with van der Waals surface area (Å²) in [6, 6.07) is 21.6. The largest absolute Gasteiger partial charge is 0.490 e. The van der Waals surface area contributed by atoms with Crippen molar-refractivity contribution < 1.29 is 13.9 Å². The van der Waals surface area contributed by atoms with Crippen LogP contribution in [0.4, 0.5) is 5.69 Å². The number of fused-ring (bicyclic) bond motifs is 1. The molecule has 27 heavy (non-hydrogen) atoms. The van der Waals surface area contributed by atoms with E-state index in [1.165, 1.54) is 0 Å². The Hall–Kier alpha value is -3.31. The van der Waals surface area contributed by atoms with Crippen molar-refractivity contribution in [3.63, 3.8) is 0 Å². The summed E-state index contributed by atoms with van der Waals surface area (Å²) in [7, 11) is 1.64. The van der Waals surface area contributed by atoms with Crippen molar-refractivity contribution in [2.75, 3.05) is 26.1 Å². The van der Waals surface area contributed by atoms with Crippen LogP contribution in [0.3, 0.4) is 0 Å². The number of methoxy groups -OCH3 is 1. The molecule has 0 saturated heterocycles. The monoisotopic (exact) mass is 360 g/mol. The minimum Gasteiger partial charge on any atom is -0.490 e. The van der Waals surface area contributed by atoms with Crippen LogP contribution in [0.25, 0.3) is 33.7 Å². The Morgan fingerprint density at radius 1 is 0.926 bits per heavy atom. The molecule has 0 fully saturated rings. The van der Waals surface area contributed by atoms with Gasteiger partial charge in [-0.05, 0) is 41.5 Å². The SMILES string of the molecule is COCCOc1ccc(N)cc1-c1nc2cc(-c3ccccc3)ccc2o1. The Morgan fingerprint density at radius 2 is 1.78 bits per heavy atom. The van der Waals surface area contributed by atoms with Crippen LogP contribution < -0.4 is 10.5 Å². The van der Waals surface area contributed by atoms with E-state index >= 15 is 0 Å². The third kappa shape index (κ3) is 3.64. The summed E-state index contributed by atoms with van der Waals surface area (Å²) in [6.07, 6.45) is 0. The average molecular weight is 360 g/mol. The van der Waals surface area contributed by atoms with Crippen molar-refractivity contribution in [1.29, 1.82) is 0 Å². The maximum atomic E-state index is 5.97. The number of nitrogens with two attached hydrogens (primary N) is 1. The molecule has 0 amide bonds. The summed E-state index contributed by atoms with van der Waals surface area (Å²) in [5.41, 5.74) is 11.0. The van der Waals surface area contributed by atoms with E-state index in [9.17, 15) is 0 Å². The Morgan fingerprint density at radius 3 is 2.59 bits per heavy atom. The van der Waals surface area contributed by atoms with E-state index in [-0.39, 0.29) is 0 Å². The number of benzene rings is 3. The van der Waals surface area contributed by atoms with Crippen LogP contribution in [0.2, 0.25) is 0 Å². The second-order valence-corrected chi connectivity index (χ2v) is 6.16. The highest BCUT2D eigenvalue weighted by atomic mass is 16.5. The number of anilines is 1. The Balaban J connectivity index is 1.73. The molecule has 5 heteroatoms. The van der Waals surface area contributed by atoms with Gasteiger partial charge in [-0.25, -0.2) is 4.98 Å². The van der Waals surface area contributed by atoms with Crippen LogP contribution in [0.5, 0.6) is 5.75 Å². The molecule has 2 N–H and O–H groups in total. The van der Waals surface area contributed by atoms with Gasteiger partial charge in [-0.1, -0.05) is 36.4 Å². The number of aromatic nitrogens is 1. The van der Waals surface area contributed by atoms with Gasteiger partial charge in [-0.3, -0.25) is 0 Å². The summed E-state index contributed by atoms with van der Waals surface area (Å²) in [5, 5.41) is 0. The number of hydrogen-bond acceptors (Lipinski definition) is 5. The van der Waals surface area contributed by atoms with E-state index in [2.05, 4.69) is 17.1 Å². The molecule has 1 aromatic heterocycles. The molecular weight excluding hydrogens is 340 g/mol. The molecule has 0 atom stereocenters. The Bertz CT molecular complexity index is 1060. The second kappa shape index (κ2) is 7.51. The van der Waals surface area contributed by atoms with Gasteiger partial charge in [-0.2, -0.15) is 0 Å².